The summed E-state index contributed by atoms with van der Waals surface area (Å²) in [6, 6.07) is 11.0. The number of hydrogen-bond donors (Lipinski definition) is 1. The van der Waals surface area contributed by atoms with E-state index in [1.807, 2.05) is 0 Å². The van der Waals surface area contributed by atoms with E-state index in [1.54, 1.807) is 24.3 Å². The molecule has 3 rings (SSSR count). The van der Waals surface area contributed by atoms with Crippen LogP contribution in [0.1, 0.15) is 10.5 Å². The van der Waals surface area contributed by atoms with Crippen molar-refractivity contribution in [3.8, 4) is 0 Å². The number of rotatable bonds is 6. The SMILES string of the molecule is CN(C)S(=O)(=O)c1cc(NC(=O)COC(=O)c2cnc3ccccc3n2)ccc1Cl. The van der Waals surface area contributed by atoms with E-state index >= 15 is 0 Å². The van der Waals surface area contributed by atoms with Gasteiger partial charge in [0.2, 0.25) is 10.0 Å². The average molecular weight is 449 g/mol. The summed E-state index contributed by atoms with van der Waals surface area (Å²) in [7, 11) is -1.06. The summed E-state index contributed by atoms with van der Waals surface area (Å²) in [6.45, 7) is -0.592. The first-order chi connectivity index (χ1) is 14.2. The molecule has 0 fully saturated rings. The molecule has 1 amide bonds. The van der Waals surface area contributed by atoms with Gasteiger partial charge >= 0.3 is 5.97 Å². The zero-order valence-corrected chi connectivity index (χ0v) is 17.6. The van der Waals surface area contributed by atoms with E-state index < -0.39 is 28.5 Å². The van der Waals surface area contributed by atoms with Crippen molar-refractivity contribution < 1.29 is 22.7 Å². The van der Waals surface area contributed by atoms with Gasteiger partial charge in [0.25, 0.3) is 5.91 Å². The van der Waals surface area contributed by atoms with Crippen LogP contribution in [0, 0.1) is 0 Å². The van der Waals surface area contributed by atoms with Crippen LogP contribution >= 0.6 is 11.6 Å². The largest absolute Gasteiger partial charge is 0.451 e. The minimum absolute atomic E-state index is 0.0167. The lowest BCUT2D eigenvalue weighted by Gasteiger charge is -2.14. The van der Waals surface area contributed by atoms with Crippen molar-refractivity contribution in [2.45, 2.75) is 4.90 Å². The summed E-state index contributed by atoms with van der Waals surface area (Å²) in [5.74, 6) is -1.47. The number of nitrogens with one attached hydrogen (secondary N) is 1. The second-order valence-electron chi connectivity index (χ2n) is 6.30. The van der Waals surface area contributed by atoms with Crippen LogP contribution < -0.4 is 5.32 Å². The van der Waals surface area contributed by atoms with Gasteiger partial charge in [-0.2, -0.15) is 0 Å². The van der Waals surface area contributed by atoms with Gasteiger partial charge < -0.3 is 10.1 Å². The minimum atomic E-state index is -3.80. The van der Waals surface area contributed by atoms with Gasteiger partial charge in [-0.05, 0) is 30.3 Å². The summed E-state index contributed by atoms with van der Waals surface area (Å²) in [6.07, 6.45) is 1.26. The van der Waals surface area contributed by atoms with Crippen LogP contribution in [0.3, 0.4) is 0 Å². The highest BCUT2D eigenvalue weighted by molar-refractivity contribution is 7.89. The van der Waals surface area contributed by atoms with Crippen molar-refractivity contribution >= 4 is 50.2 Å². The number of fused-ring (bicyclic) bond motifs is 1. The Morgan fingerprint density at radius 1 is 1.13 bits per heavy atom. The number of amides is 1. The summed E-state index contributed by atoms with van der Waals surface area (Å²) in [5.41, 5.74) is 1.30. The van der Waals surface area contributed by atoms with E-state index in [2.05, 4.69) is 15.3 Å². The van der Waals surface area contributed by atoms with Gasteiger partial charge in [-0.25, -0.2) is 22.5 Å². The fourth-order valence-corrected chi connectivity index (χ4v) is 3.83. The maximum Gasteiger partial charge on any atom is 0.359 e. The van der Waals surface area contributed by atoms with Gasteiger partial charge in [-0.15, -0.1) is 0 Å². The summed E-state index contributed by atoms with van der Waals surface area (Å²) in [4.78, 5) is 32.4. The van der Waals surface area contributed by atoms with Gasteiger partial charge in [-0.1, -0.05) is 23.7 Å². The Labute approximate surface area is 177 Å². The smallest absolute Gasteiger partial charge is 0.359 e. The predicted molar refractivity (Wildman–Crippen MR) is 111 cm³/mol. The van der Waals surface area contributed by atoms with Crippen LogP contribution in [0.25, 0.3) is 11.0 Å². The molecular weight excluding hydrogens is 432 g/mol. The summed E-state index contributed by atoms with van der Waals surface area (Å²) in [5, 5.41) is 2.48. The lowest BCUT2D eigenvalue weighted by molar-refractivity contribution is -0.119. The molecule has 0 saturated heterocycles. The van der Waals surface area contributed by atoms with Crippen molar-refractivity contribution in [3.05, 3.63) is 59.4 Å². The Balaban J connectivity index is 1.66. The molecule has 0 saturated carbocycles. The zero-order chi connectivity index (χ0) is 21.9. The van der Waals surface area contributed by atoms with E-state index in [9.17, 15) is 18.0 Å². The molecule has 1 aromatic heterocycles. The Morgan fingerprint density at radius 3 is 2.53 bits per heavy atom. The Morgan fingerprint density at radius 2 is 1.83 bits per heavy atom. The summed E-state index contributed by atoms with van der Waals surface area (Å²) < 4.78 is 30.6. The van der Waals surface area contributed by atoms with Crippen molar-refractivity contribution in [2.24, 2.45) is 0 Å². The van der Waals surface area contributed by atoms with Crippen LogP contribution in [0.4, 0.5) is 5.69 Å². The molecule has 156 valence electrons. The number of hydrogen-bond acceptors (Lipinski definition) is 7. The molecule has 0 atom stereocenters. The van der Waals surface area contributed by atoms with Crippen molar-refractivity contribution in [3.63, 3.8) is 0 Å². The minimum Gasteiger partial charge on any atom is -0.451 e. The van der Waals surface area contributed by atoms with Gasteiger partial charge in [0.1, 0.15) is 4.90 Å². The molecular formula is C19H17ClN4O5S. The van der Waals surface area contributed by atoms with Crippen LogP contribution in [0.5, 0.6) is 0 Å². The second kappa shape index (κ2) is 8.74. The molecule has 0 aliphatic rings. The fraction of sp³-hybridized carbons (Fsp3) is 0.158. The van der Waals surface area contributed by atoms with E-state index in [-0.39, 0.29) is 21.3 Å². The van der Waals surface area contributed by atoms with Gasteiger partial charge in [0.15, 0.2) is 12.3 Å². The number of carbonyl (C=O) groups excluding carboxylic acids is 2. The molecule has 0 bridgehead atoms. The highest BCUT2D eigenvalue weighted by Crippen LogP contribution is 2.26. The van der Waals surface area contributed by atoms with Crippen LogP contribution in [0.2, 0.25) is 5.02 Å². The third-order valence-corrected chi connectivity index (χ3v) is 6.26. The first-order valence-corrected chi connectivity index (χ1v) is 10.4. The molecule has 2 aromatic carbocycles. The predicted octanol–water partition coefficient (Wildman–Crippen LogP) is 2.33. The Bertz CT molecular complexity index is 1230. The van der Waals surface area contributed by atoms with E-state index in [0.29, 0.717) is 11.0 Å². The number of nitrogens with zero attached hydrogens (tertiary/aromatic N) is 3. The van der Waals surface area contributed by atoms with E-state index in [1.165, 1.54) is 38.5 Å². The monoisotopic (exact) mass is 448 g/mol. The standard InChI is InChI=1S/C19H17ClN4O5S/c1-24(2)30(27,28)17-9-12(7-8-13(17)20)22-18(25)11-29-19(26)16-10-21-14-5-3-4-6-15(14)23-16/h3-10H,11H2,1-2H3,(H,22,25). The first-order valence-electron chi connectivity index (χ1n) is 8.59. The number of halogens is 1. The first kappa shape index (κ1) is 21.6. The second-order valence-corrected chi connectivity index (χ2v) is 8.83. The fourth-order valence-electron chi connectivity index (χ4n) is 2.43. The number of carbonyl (C=O) groups is 2. The molecule has 11 heteroatoms. The Kier molecular flexibility index (Phi) is 6.30. The molecule has 30 heavy (non-hydrogen) atoms. The van der Waals surface area contributed by atoms with Crippen molar-refractivity contribution in [2.75, 3.05) is 26.0 Å². The number of ether oxygens (including phenoxy) is 1. The average Bonchev–Trinajstić information content (AvgIpc) is 2.72. The molecule has 0 unspecified atom stereocenters. The third kappa shape index (κ3) is 4.73. The molecule has 3 aromatic rings. The lowest BCUT2D eigenvalue weighted by atomic mass is 10.3. The molecule has 0 radical (unpaired) electrons. The molecule has 0 aliphatic carbocycles. The van der Waals surface area contributed by atoms with Crippen molar-refractivity contribution in [1.29, 1.82) is 0 Å². The number of benzene rings is 2. The third-order valence-electron chi connectivity index (χ3n) is 3.97. The number of para-hydroxylation sites is 2. The maximum absolute atomic E-state index is 12.3. The van der Waals surface area contributed by atoms with Crippen LogP contribution in [-0.2, 0) is 19.6 Å². The van der Waals surface area contributed by atoms with Crippen molar-refractivity contribution in [1.82, 2.24) is 14.3 Å². The highest BCUT2D eigenvalue weighted by atomic mass is 35.5. The van der Waals surface area contributed by atoms with Crippen LogP contribution in [-0.4, -0.2) is 55.3 Å². The zero-order valence-electron chi connectivity index (χ0n) is 16.0. The Hall–Kier alpha value is -3.08. The molecule has 0 aliphatic heterocycles. The summed E-state index contributed by atoms with van der Waals surface area (Å²) >= 11 is 5.97. The quantitative estimate of drug-likeness (QED) is 0.575. The normalized spacial score (nSPS) is 11.5. The number of anilines is 1. The topological polar surface area (TPSA) is 119 Å². The number of sulfonamides is 1. The van der Waals surface area contributed by atoms with Gasteiger partial charge in [-0.3, -0.25) is 9.78 Å². The van der Waals surface area contributed by atoms with Gasteiger partial charge in [0, 0.05) is 19.8 Å². The molecule has 0 spiro atoms. The van der Waals surface area contributed by atoms with Crippen LogP contribution in [0.15, 0.2) is 53.6 Å². The molecule has 1 N–H and O–H groups in total. The highest BCUT2D eigenvalue weighted by Gasteiger charge is 2.21. The van der Waals surface area contributed by atoms with Gasteiger partial charge in [0.05, 0.1) is 22.3 Å². The molecule has 1 heterocycles. The number of aromatic nitrogens is 2. The number of esters is 1. The molecule has 9 nitrogen and oxygen atoms in total. The maximum atomic E-state index is 12.3. The lowest BCUT2D eigenvalue weighted by Crippen LogP contribution is -2.24. The van der Waals surface area contributed by atoms with E-state index in [0.717, 1.165) is 4.31 Å². The van der Waals surface area contributed by atoms with E-state index in [4.69, 9.17) is 16.3 Å².